The predicted octanol–water partition coefficient (Wildman–Crippen LogP) is 0.550. The molecule has 1 aliphatic heterocycles. The standard InChI is InChI=1S/C12H21NO5/c1-12(2,3)18-10(14)4-5-17-8-6-9(11(15)16)13-7-8/h8-9,13H,4-7H2,1-3H3,(H,15,16)/t8-,9-/m0/s1. The molecule has 0 aromatic rings. The molecule has 1 heterocycles. The highest BCUT2D eigenvalue weighted by molar-refractivity contribution is 5.74. The summed E-state index contributed by atoms with van der Waals surface area (Å²) in [6, 6.07) is -0.545. The van der Waals surface area contributed by atoms with Gasteiger partial charge in [-0.2, -0.15) is 0 Å². The molecule has 1 rings (SSSR count). The Morgan fingerprint density at radius 2 is 2.06 bits per heavy atom. The molecule has 0 amide bonds. The molecular weight excluding hydrogens is 238 g/mol. The maximum absolute atomic E-state index is 11.4. The largest absolute Gasteiger partial charge is 0.480 e. The number of aliphatic carboxylic acids is 1. The van der Waals surface area contributed by atoms with Crippen molar-refractivity contribution in [2.75, 3.05) is 13.2 Å². The molecule has 0 radical (unpaired) electrons. The average Bonchev–Trinajstić information content (AvgIpc) is 2.63. The summed E-state index contributed by atoms with van der Waals surface area (Å²) in [5, 5.41) is 11.6. The molecule has 6 nitrogen and oxygen atoms in total. The van der Waals surface area contributed by atoms with Gasteiger partial charge in [-0.05, 0) is 20.8 Å². The van der Waals surface area contributed by atoms with Crippen LogP contribution in [0, 0.1) is 0 Å². The zero-order valence-corrected chi connectivity index (χ0v) is 11.1. The van der Waals surface area contributed by atoms with Crippen molar-refractivity contribution >= 4 is 11.9 Å². The van der Waals surface area contributed by atoms with Gasteiger partial charge in [0, 0.05) is 13.0 Å². The van der Waals surface area contributed by atoms with Crippen LogP contribution in [-0.2, 0) is 19.1 Å². The average molecular weight is 259 g/mol. The molecule has 0 aliphatic carbocycles. The van der Waals surface area contributed by atoms with Gasteiger partial charge in [0.1, 0.15) is 11.6 Å². The lowest BCUT2D eigenvalue weighted by Crippen LogP contribution is -2.30. The highest BCUT2D eigenvalue weighted by Gasteiger charge is 2.29. The molecule has 0 saturated carbocycles. The normalized spacial score (nSPS) is 23.9. The first kappa shape index (κ1) is 14.9. The quantitative estimate of drug-likeness (QED) is 0.701. The zero-order chi connectivity index (χ0) is 13.8. The van der Waals surface area contributed by atoms with Gasteiger partial charge in [0.2, 0.25) is 0 Å². The van der Waals surface area contributed by atoms with Crippen molar-refractivity contribution in [3.8, 4) is 0 Å². The first-order valence-electron chi connectivity index (χ1n) is 6.07. The third kappa shape index (κ3) is 5.46. The second-order valence-corrected chi connectivity index (χ2v) is 5.36. The minimum atomic E-state index is -0.867. The fourth-order valence-electron chi connectivity index (χ4n) is 1.72. The number of carboxylic acid groups (broad SMARTS) is 1. The van der Waals surface area contributed by atoms with Crippen LogP contribution in [0.2, 0.25) is 0 Å². The van der Waals surface area contributed by atoms with Gasteiger partial charge in [-0.25, -0.2) is 0 Å². The van der Waals surface area contributed by atoms with Crippen LogP contribution in [0.1, 0.15) is 33.6 Å². The van der Waals surface area contributed by atoms with Gasteiger partial charge < -0.3 is 19.9 Å². The number of hydrogen-bond acceptors (Lipinski definition) is 5. The Labute approximate surface area is 107 Å². The summed E-state index contributed by atoms with van der Waals surface area (Å²) in [4.78, 5) is 22.1. The van der Waals surface area contributed by atoms with Crippen LogP contribution in [0.5, 0.6) is 0 Å². The molecule has 2 N–H and O–H groups in total. The van der Waals surface area contributed by atoms with Gasteiger partial charge in [0.25, 0.3) is 0 Å². The highest BCUT2D eigenvalue weighted by atomic mass is 16.6. The van der Waals surface area contributed by atoms with Gasteiger partial charge in [0.15, 0.2) is 0 Å². The maximum Gasteiger partial charge on any atom is 0.320 e. The lowest BCUT2D eigenvalue weighted by molar-refractivity contribution is -0.156. The van der Waals surface area contributed by atoms with Crippen LogP contribution < -0.4 is 5.32 Å². The van der Waals surface area contributed by atoms with E-state index in [4.69, 9.17) is 14.6 Å². The van der Waals surface area contributed by atoms with E-state index in [9.17, 15) is 9.59 Å². The Kier molecular flexibility index (Phi) is 5.10. The van der Waals surface area contributed by atoms with Crippen LogP contribution in [0.3, 0.4) is 0 Å². The van der Waals surface area contributed by atoms with E-state index in [1.54, 1.807) is 0 Å². The number of nitrogens with one attached hydrogen (secondary N) is 1. The van der Waals surface area contributed by atoms with Crippen LogP contribution in [0.4, 0.5) is 0 Å². The Morgan fingerprint density at radius 3 is 2.56 bits per heavy atom. The smallest absolute Gasteiger partial charge is 0.320 e. The first-order valence-corrected chi connectivity index (χ1v) is 6.07. The Hall–Kier alpha value is -1.14. The molecule has 1 aliphatic rings. The molecule has 0 bridgehead atoms. The van der Waals surface area contributed by atoms with Crippen molar-refractivity contribution in [3.05, 3.63) is 0 Å². The summed E-state index contributed by atoms with van der Waals surface area (Å²) in [7, 11) is 0. The van der Waals surface area contributed by atoms with E-state index in [0.29, 0.717) is 13.0 Å². The number of rotatable bonds is 5. The van der Waals surface area contributed by atoms with E-state index in [2.05, 4.69) is 5.32 Å². The maximum atomic E-state index is 11.4. The summed E-state index contributed by atoms with van der Waals surface area (Å²) in [6.07, 6.45) is 0.475. The highest BCUT2D eigenvalue weighted by Crippen LogP contribution is 2.12. The van der Waals surface area contributed by atoms with Crippen molar-refractivity contribution < 1.29 is 24.2 Å². The van der Waals surface area contributed by atoms with E-state index < -0.39 is 17.6 Å². The van der Waals surface area contributed by atoms with Crippen LogP contribution in [-0.4, -0.2) is 47.9 Å². The SMILES string of the molecule is CC(C)(C)OC(=O)CCO[C@@H]1CN[C@H](C(=O)O)C1. The van der Waals surface area contributed by atoms with Crippen LogP contribution in [0.15, 0.2) is 0 Å². The molecule has 6 heteroatoms. The second-order valence-electron chi connectivity index (χ2n) is 5.36. The lowest BCUT2D eigenvalue weighted by Gasteiger charge is -2.19. The number of esters is 1. The predicted molar refractivity (Wildman–Crippen MR) is 64.2 cm³/mol. The van der Waals surface area contributed by atoms with Gasteiger partial charge in [-0.3, -0.25) is 9.59 Å². The summed E-state index contributed by atoms with van der Waals surface area (Å²) in [6.45, 7) is 6.19. The first-order chi connectivity index (χ1) is 8.28. The van der Waals surface area contributed by atoms with E-state index in [-0.39, 0.29) is 25.1 Å². The molecule has 2 atom stereocenters. The third-order valence-electron chi connectivity index (χ3n) is 2.47. The molecule has 1 saturated heterocycles. The number of carbonyl (C=O) groups is 2. The Morgan fingerprint density at radius 1 is 1.39 bits per heavy atom. The molecule has 0 aromatic heterocycles. The fourth-order valence-corrected chi connectivity index (χ4v) is 1.72. The summed E-state index contributed by atoms with van der Waals surface area (Å²) in [5.74, 6) is -1.17. The van der Waals surface area contributed by atoms with Crippen molar-refractivity contribution in [2.45, 2.75) is 51.4 Å². The molecule has 0 unspecified atom stereocenters. The Balaban J connectivity index is 2.16. The number of ether oxygens (including phenoxy) is 2. The zero-order valence-electron chi connectivity index (χ0n) is 11.1. The summed E-state index contributed by atoms with van der Waals surface area (Å²) >= 11 is 0. The van der Waals surface area contributed by atoms with Crippen molar-refractivity contribution in [3.63, 3.8) is 0 Å². The van der Waals surface area contributed by atoms with Crippen molar-refractivity contribution in [1.29, 1.82) is 0 Å². The monoisotopic (exact) mass is 259 g/mol. The molecule has 104 valence electrons. The van der Waals surface area contributed by atoms with E-state index in [1.807, 2.05) is 20.8 Å². The molecule has 1 fully saturated rings. The van der Waals surface area contributed by atoms with Crippen LogP contribution >= 0.6 is 0 Å². The van der Waals surface area contributed by atoms with E-state index in [1.165, 1.54) is 0 Å². The third-order valence-corrected chi connectivity index (χ3v) is 2.47. The fraction of sp³-hybridized carbons (Fsp3) is 0.833. The molecule has 0 aromatic carbocycles. The van der Waals surface area contributed by atoms with Gasteiger partial charge in [0.05, 0.1) is 19.1 Å². The van der Waals surface area contributed by atoms with Gasteiger partial charge in [-0.15, -0.1) is 0 Å². The van der Waals surface area contributed by atoms with Gasteiger partial charge >= 0.3 is 11.9 Å². The van der Waals surface area contributed by atoms with E-state index in [0.717, 1.165) is 0 Å². The van der Waals surface area contributed by atoms with Gasteiger partial charge in [-0.1, -0.05) is 0 Å². The number of carboxylic acids is 1. The second kappa shape index (κ2) is 6.15. The number of hydrogen-bond donors (Lipinski definition) is 2. The topological polar surface area (TPSA) is 84.9 Å². The Bertz CT molecular complexity index is 310. The van der Waals surface area contributed by atoms with Crippen molar-refractivity contribution in [2.24, 2.45) is 0 Å². The minimum absolute atomic E-state index is 0.145. The lowest BCUT2D eigenvalue weighted by atomic mass is 10.2. The molecule has 0 spiro atoms. The number of carbonyl (C=O) groups excluding carboxylic acids is 1. The summed E-state index contributed by atoms with van der Waals surface area (Å²) < 4.78 is 10.6. The van der Waals surface area contributed by atoms with Crippen LogP contribution in [0.25, 0.3) is 0 Å². The molecular formula is C12H21NO5. The molecule has 18 heavy (non-hydrogen) atoms. The van der Waals surface area contributed by atoms with E-state index >= 15 is 0 Å². The van der Waals surface area contributed by atoms with Crippen molar-refractivity contribution in [1.82, 2.24) is 5.32 Å². The summed E-state index contributed by atoms with van der Waals surface area (Å²) in [5.41, 5.74) is -0.486. The minimum Gasteiger partial charge on any atom is -0.480 e.